The van der Waals surface area contributed by atoms with Gasteiger partial charge in [-0.2, -0.15) is 0 Å². The molecule has 1 aromatic rings. The lowest BCUT2D eigenvalue weighted by atomic mass is 9.93. The molecule has 0 fully saturated rings. The Hall–Kier alpha value is -0.510. The summed E-state index contributed by atoms with van der Waals surface area (Å²) in [5.74, 6) is 0. The maximum Gasteiger partial charge on any atom is 0.00693 e. The molecular formula is C15H26N2S. The van der Waals surface area contributed by atoms with Gasteiger partial charge in [0.2, 0.25) is 0 Å². The van der Waals surface area contributed by atoms with Gasteiger partial charge in [0, 0.05) is 18.0 Å². The van der Waals surface area contributed by atoms with Crippen LogP contribution in [0, 0.1) is 5.41 Å². The number of likely N-dealkylation sites (N-methyl/N-ethyl adjacent to an activating group) is 1. The number of nitrogens with zero attached hydrogens (tertiary/aromatic N) is 1. The van der Waals surface area contributed by atoms with Crippen molar-refractivity contribution in [1.82, 2.24) is 4.90 Å². The van der Waals surface area contributed by atoms with E-state index in [1.54, 1.807) is 11.8 Å². The number of hydrogen-bond donors (Lipinski definition) is 1. The fourth-order valence-electron chi connectivity index (χ4n) is 1.99. The van der Waals surface area contributed by atoms with Gasteiger partial charge in [0.25, 0.3) is 0 Å². The third-order valence-corrected chi connectivity index (χ3v) is 3.94. The third-order valence-electron chi connectivity index (χ3n) is 3.19. The zero-order chi connectivity index (χ0) is 13.6. The van der Waals surface area contributed by atoms with Gasteiger partial charge in [-0.25, -0.2) is 0 Å². The number of thioether (sulfide) groups is 1. The van der Waals surface area contributed by atoms with E-state index >= 15 is 0 Å². The summed E-state index contributed by atoms with van der Waals surface area (Å²) >= 11 is 1.79. The highest BCUT2D eigenvalue weighted by Gasteiger charge is 2.17. The molecule has 0 aliphatic heterocycles. The van der Waals surface area contributed by atoms with Crippen molar-refractivity contribution in [3.8, 4) is 0 Å². The largest absolute Gasteiger partial charge is 0.330 e. The Kier molecular flexibility index (Phi) is 6.19. The van der Waals surface area contributed by atoms with Gasteiger partial charge in [-0.1, -0.05) is 26.0 Å². The van der Waals surface area contributed by atoms with E-state index in [0.29, 0.717) is 0 Å². The molecule has 0 aliphatic rings. The van der Waals surface area contributed by atoms with E-state index in [0.717, 1.165) is 26.1 Å². The Morgan fingerprint density at radius 1 is 1.22 bits per heavy atom. The van der Waals surface area contributed by atoms with Crippen molar-refractivity contribution >= 4 is 11.8 Å². The minimum Gasteiger partial charge on any atom is -0.330 e. The molecule has 0 unspecified atom stereocenters. The average molecular weight is 266 g/mol. The molecule has 0 saturated carbocycles. The minimum atomic E-state index is 0.206. The molecule has 2 N–H and O–H groups in total. The maximum absolute atomic E-state index is 5.76. The first-order valence-electron chi connectivity index (χ1n) is 6.48. The lowest BCUT2D eigenvalue weighted by Crippen LogP contribution is -2.37. The van der Waals surface area contributed by atoms with Crippen LogP contribution < -0.4 is 5.73 Å². The molecule has 0 saturated heterocycles. The highest BCUT2D eigenvalue weighted by molar-refractivity contribution is 7.98. The Morgan fingerprint density at radius 3 is 2.33 bits per heavy atom. The van der Waals surface area contributed by atoms with Crippen LogP contribution in [-0.4, -0.2) is 37.8 Å². The average Bonchev–Trinajstić information content (AvgIpc) is 2.36. The number of nitrogens with two attached hydrogens (primary N) is 1. The molecule has 1 rings (SSSR count). The Morgan fingerprint density at radius 2 is 1.83 bits per heavy atom. The summed E-state index contributed by atoms with van der Waals surface area (Å²) in [4.78, 5) is 3.70. The quantitative estimate of drug-likeness (QED) is 0.770. The fourth-order valence-corrected chi connectivity index (χ4v) is 2.39. The van der Waals surface area contributed by atoms with E-state index in [1.807, 2.05) is 0 Å². The van der Waals surface area contributed by atoms with Crippen molar-refractivity contribution in [1.29, 1.82) is 0 Å². The number of hydrogen-bond acceptors (Lipinski definition) is 3. The molecule has 0 bridgehead atoms. The lowest BCUT2D eigenvalue weighted by Gasteiger charge is -2.29. The Bertz CT molecular complexity index is 346. The standard InChI is InChI=1S/C15H26N2S/c1-15(2,11-16)12-17(3)10-9-13-5-7-14(18-4)8-6-13/h5-8H,9-12,16H2,1-4H3. The van der Waals surface area contributed by atoms with Crippen molar-refractivity contribution in [2.45, 2.75) is 25.2 Å². The van der Waals surface area contributed by atoms with Crippen molar-refractivity contribution in [3.05, 3.63) is 29.8 Å². The molecule has 3 heteroatoms. The van der Waals surface area contributed by atoms with Gasteiger partial charge in [0.15, 0.2) is 0 Å². The highest BCUT2D eigenvalue weighted by atomic mass is 32.2. The van der Waals surface area contributed by atoms with Gasteiger partial charge in [0.1, 0.15) is 0 Å². The summed E-state index contributed by atoms with van der Waals surface area (Å²) in [6, 6.07) is 8.86. The van der Waals surface area contributed by atoms with E-state index in [-0.39, 0.29) is 5.41 Å². The number of rotatable bonds is 7. The first-order valence-corrected chi connectivity index (χ1v) is 7.71. The molecule has 0 heterocycles. The highest BCUT2D eigenvalue weighted by Crippen LogP contribution is 2.16. The fraction of sp³-hybridized carbons (Fsp3) is 0.600. The topological polar surface area (TPSA) is 29.3 Å². The molecule has 1 aromatic carbocycles. The van der Waals surface area contributed by atoms with E-state index in [4.69, 9.17) is 5.73 Å². The molecule has 18 heavy (non-hydrogen) atoms. The van der Waals surface area contributed by atoms with Crippen LogP contribution in [0.25, 0.3) is 0 Å². The second-order valence-electron chi connectivity index (χ2n) is 5.70. The molecule has 0 atom stereocenters. The van der Waals surface area contributed by atoms with Gasteiger partial charge in [-0.05, 0) is 49.4 Å². The predicted octanol–water partition coefficient (Wildman–Crippen LogP) is 2.87. The number of benzene rings is 1. The second kappa shape index (κ2) is 7.17. The molecule has 0 radical (unpaired) electrons. The van der Waals surface area contributed by atoms with Crippen LogP contribution in [0.4, 0.5) is 0 Å². The first kappa shape index (κ1) is 15.5. The van der Waals surface area contributed by atoms with Crippen LogP contribution in [0.1, 0.15) is 19.4 Å². The van der Waals surface area contributed by atoms with E-state index < -0.39 is 0 Å². The summed E-state index contributed by atoms with van der Waals surface area (Å²) in [6.07, 6.45) is 3.21. The smallest absolute Gasteiger partial charge is 0.00693 e. The Balaban J connectivity index is 2.39. The molecule has 0 amide bonds. The monoisotopic (exact) mass is 266 g/mol. The van der Waals surface area contributed by atoms with Crippen LogP contribution in [-0.2, 0) is 6.42 Å². The van der Waals surface area contributed by atoms with E-state index in [1.165, 1.54) is 10.5 Å². The van der Waals surface area contributed by atoms with Gasteiger partial charge in [0.05, 0.1) is 0 Å². The van der Waals surface area contributed by atoms with E-state index in [2.05, 4.69) is 56.3 Å². The van der Waals surface area contributed by atoms with Crippen molar-refractivity contribution < 1.29 is 0 Å². The SMILES string of the molecule is CSc1ccc(CCN(C)CC(C)(C)CN)cc1. The third kappa shape index (κ3) is 5.42. The molecule has 2 nitrogen and oxygen atoms in total. The second-order valence-corrected chi connectivity index (χ2v) is 6.58. The summed E-state index contributed by atoms with van der Waals surface area (Å²) < 4.78 is 0. The summed E-state index contributed by atoms with van der Waals surface area (Å²) in [5, 5.41) is 0. The van der Waals surface area contributed by atoms with Crippen molar-refractivity contribution in [2.75, 3.05) is 32.9 Å². The molecular weight excluding hydrogens is 240 g/mol. The first-order chi connectivity index (χ1) is 8.46. The molecule has 0 spiro atoms. The minimum absolute atomic E-state index is 0.206. The van der Waals surface area contributed by atoms with Gasteiger partial charge in [-0.15, -0.1) is 11.8 Å². The maximum atomic E-state index is 5.76. The predicted molar refractivity (Wildman–Crippen MR) is 82.3 cm³/mol. The van der Waals surface area contributed by atoms with Gasteiger partial charge >= 0.3 is 0 Å². The van der Waals surface area contributed by atoms with Crippen molar-refractivity contribution in [3.63, 3.8) is 0 Å². The molecule has 0 aromatic heterocycles. The zero-order valence-corrected chi connectivity index (χ0v) is 12.9. The van der Waals surface area contributed by atoms with Crippen LogP contribution >= 0.6 is 11.8 Å². The van der Waals surface area contributed by atoms with E-state index in [9.17, 15) is 0 Å². The Labute approximate surface area is 116 Å². The van der Waals surface area contributed by atoms with Crippen LogP contribution in [0.5, 0.6) is 0 Å². The van der Waals surface area contributed by atoms with Gasteiger partial charge in [-0.3, -0.25) is 0 Å². The molecule has 102 valence electrons. The van der Waals surface area contributed by atoms with Crippen LogP contribution in [0.15, 0.2) is 29.2 Å². The van der Waals surface area contributed by atoms with Gasteiger partial charge < -0.3 is 10.6 Å². The summed E-state index contributed by atoms with van der Waals surface area (Å²) in [5.41, 5.74) is 7.38. The normalized spacial score (nSPS) is 12.1. The van der Waals surface area contributed by atoms with Crippen molar-refractivity contribution in [2.24, 2.45) is 11.1 Å². The van der Waals surface area contributed by atoms with Crippen LogP contribution in [0.2, 0.25) is 0 Å². The summed E-state index contributed by atoms with van der Waals surface area (Å²) in [6.45, 7) is 7.31. The van der Waals surface area contributed by atoms with Crippen LogP contribution in [0.3, 0.4) is 0 Å². The lowest BCUT2D eigenvalue weighted by molar-refractivity contribution is 0.218. The summed E-state index contributed by atoms with van der Waals surface area (Å²) in [7, 11) is 2.17. The zero-order valence-electron chi connectivity index (χ0n) is 12.1. The molecule has 0 aliphatic carbocycles.